The molecule has 0 saturated carbocycles. The average molecular weight is 278 g/mol. The van der Waals surface area contributed by atoms with Gasteiger partial charge in [0.25, 0.3) is 0 Å². The minimum absolute atomic E-state index is 0.0155. The van der Waals surface area contributed by atoms with Crippen molar-refractivity contribution in [2.45, 2.75) is 26.3 Å². The number of benzene rings is 1. The monoisotopic (exact) mass is 278 g/mol. The summed E-state index contributed by atoms with van der Waals surface area (Å²) >= 11 is 0. The van der Waals surface area contributed by atoms with Gasteiger partial charge in [-0.2, -0.15) is 0 Å². The number of fused-ring (bicyclic) bond motifs is 1. The SMILES string of the molecule is CC[C@H](NC(=O)NCCF)c1nc2ccc(C)cc2[nH]1. The Morgan fingerprint density at radius 3 is 3.00 bits per heavy atom. The van der Waals surface area contributed by atoms with E-state index in [4.69, 9.17) is 0 Å². The highest BCUT2D eigenvalue weighted by Crippen LogP contribution is 2.19. The van der Waals surface area contributed by atoms with Crippen molar-refractivity contribution >= 4 is 17.1 Å². The third-order valence-electron chi connectivity index (χ3n) is 3.08. The standard InChI is InChI=1S/C14H19FN4O/c1-3-10(19-14(20)16-7-6-15)13-17-11-5-4-9(2)8-12(11)18-13/h4-5,8,10H,3,6-7H2,1-2H3,(H,17,18)(H2,16,19,20)/t10-/m0/s1. The van der Waals surface area contributed by atoms with E-state index in [1.807, 2.05) is 32.0 Å². The third kappa shape index (κ3) is 3.26. The molecule has 0 fully saturated rings. The lowest BCUT2D eigenvalue weighted by Gasteiger charge is -2.14. The number of hydrogen-bond donors (Lipinski definition) is 3. The van der Waals surface area contributed by atoms with Gasteiger partial charge in [0.15, 0.2) is 0 Å². The van der Waals surface area contributed by atoms with Crippen molar-refractivity contribution < 1.29 is 9.18 Å². The van der Waals surface area contributed by atoms with Crippen molar-refractivity contribution in [3.63, 3.8) is 0 Å². The molecule has 6 heteroatoms. The predicted molar refractivity (Wildman–Crippen MR) is 76.4 cm³/mol. The quantitative estimate of drug-likeness (QED) is 0.786. The van der Waals surface area contributed by atoms with Crippen LogP contribution in [0.3, 0.4) is 0 Å². The van der Waals surface area contributed by atoms with Crippen LogP contribution in [0.25, 0.3) is 11.0 Å². The maximum absolute atomic E-state index is 12.0. The van der Waals surface area contributed by atoms with Crippen LogP contribution < -0.4 is 10.6 Å². The van der Waals surface area contributed by atoms with E-state index in [2.05, 4.69) is 20.6 Å². The van der Waals surface area contributed by atoms with Gasteiger partial charge in [-0.25, -0.2) is 14.2 Å². The number of hydrogen-bond acceptors (Lipinski definition) is 2. The number of rotatable bonds is 5. The number of carbonyl (C=O) groups excluding carboxylic acids is 1. The molecule has 2 aromatic rings. The average Bonchev–Trinajstić information content (AvgIpc) is 2.85. The fourth-order valence-corrected chi connectivity index (χ4v) is 2.04. The molecule has 3 N–H and O–H groups in total. The van der Waals surface area contributed by atoms with Crippen LogP contribution in [-0.4, -0.2) is 29.2 Å². The van der Waals surface area contributed by atoms with E-state index in [1.165, 1.54) is 0 Å². The third-order valence-corrected chi connectivity index (χ3v) is 3.08. The van der Waals surface area contributed by atoms with E-state index in [-0.39, 0.29) is 18.6 Å². The number of aromatic nitrogens is 2. The number of imidazole rings is 1. The summed E-state index contributed by atoms with van der Waals surface area (Å²) in [7, 11) is 0. The Hall–Kier alpha value is -2.11. The highest BCUT2D eigenvalue weighted by molar-refractivity contribution is 5.77. The van der Waals surface area contributed by atoms with Gasteiger partial charge >= 0.3 is 6.03 Å². The van der Waals surface area contributed by atoms with Crippen LogP contribution in [0.2, 0.25) is 0 Å². The summed E-state index contributed by atoms with van der Waals surface area (Å²) < 4.78 is 12.0. The molecule has 0 aliphatic rings. The topological polar surface area (TPSA) is 69.8 Å². The van der Waals surface area contributed by atoms with Crippen molar-refractivity contribution in [2.75, 3.05) is 13.2 Å². The molecular weight excluding hydrogens is 259 g/mol. The number of urea groups is 1. The molecule has 1 aromatic heterocycles. The van der Waals surface area contributed by atoms with Crippen LogP contribution in [-0.2, 0) is 0 Å². The Bertz CT molecular complexity index is 596. The van der Waals surface area contributed by atoms with Crippen molar-refractivity contribution in [1.29, 1.82) is 0 Å². The summed E-state index contributed by atoms with van der Waals surface area (Å²) in [6.45, 7) is 3.41. The van der Waals surface area contributed by atoms with Crippen molar-refractivity contribution in [3.05, 3.63) is 29.6 Å². The molecule has 1 aromatic carbocycles. The molecule has 0 saturated heterocycles. The number of nitrogens with one attached hydrogen (secondary N) is 3. The highest BCUT2D eigenvalue weighted by Gasteiger charge is 2.16. The molecule has 0 bridgehead atoms. The summed E-state index contributed by atoms with van der Waals surface area (Å²) in [5.41, 5.74) is 2.97. The second-order valence-electron chi connectivity index (χ2n) is 4.69. The Morgan fingerprint density at radius 1 is 1.50 bits per heavy atom. The Balaban J connectivity index is 2.14. The first kappa shape index (κ1) is 14.3. The zero-order valence-corrected chi connectivity index (χ0v) is 11.7. The van der Waals surface area contributed by atoms with Crippen molar-refractivity contribution in [3.8, 4) is 0 Å². The first-order valence-electron chi connectivity index (χ1n) is 6.70. The number of aryl methyl sites for hydroxylation is 1. The number of amides is 2. The molecule has 0 unspecified atom stereocenters. The molecule has 0 spiro atoms. The van der Waals surface area contributed by atoms with Crippen LogP contribution in [0.15, 0.2) is 18.2 Å². The molecule has 20 heavy (non-hydrogen) atoms. The Labute approximate surface area is 117 Å². The Kier molecular flexibility index (Phi) is 4.55. The molecule has 0 radical (unpaired) electrons. The normalized spacial score (nSPS) is 12.3. The van der Waals surface area contributed by atoms with Gasteiger partial charge in [0.2, 0.25) is 0 Å². The van der Waals surface area contributed by atoms with Crippen molar-refractivity contribution in [2.24, 2.45) is 0 Å². The molecule has 0 aliphatic heterocycles. The fourth-order valence-electron chi connectivity index (χ4n) is 2.04. The number of aromatic amines is 1. The largest absolute Gasteiger partial charge is 0.340 e. The van der Waals surface area contributed by atoms with Crippen LogP contribution in [0, 0.1) is 6.92 Å². The first-order valence-corrected chi connectivity index (χ1v) is 6.70. The summed E-state index contributed by atoms with van der Waals surface area (Å²) in [4.78, 5) is 19.3. The van der Waals surface area contributed by atoms with E-state index in [1.54, 1.807) is 0 Å². The summed E-state index contributed by atoms with van der Waals surface area (Å²) in [6, 6.07) is 5.35. The first-order chi connectivity index (χ1) is 9.63. The highest BCUT2D eigenvalue weighted by atomic mass is 19.1. The van der Waals surface area contributed by atoms with Gasteiger partial charge in [-0.05, 0) is 31.0 Å². The second kappa shape index (κ2) is 6.36. The number of halogens is 1. The van der Waals surface area contributed by atoms with E-state index < -0.39 is 6.67 Å². The van der Waals surface area contributed by atoms with Gasteiger partial charge in [-0.3, -0.25) is 0 Å². The minimum Gasteiger partial charge on any atom is -0.340 e. The second-order valence-corrected chi connectivity index (χ2v) is 4.69. The fraction of sp³-hybridized carbons (Fsp3) is 0.429. The number of H-pyrrole nitrogens is 1. The van der Waals surface area contributed by atoms with Crippen LogP contribution in [0.1, 0.15) is 30.8 Å². The van der Waals surface area contributed by atoms with E-state index in [0.717, 1.165) is 16.6 Å². The molecular formula is C14H19FN4O. The number of carbonyl (C=O) groups is 1. The molecule has 1 atom stereocenters. The van der Waals surface area contributed by atoms with E-state index in [0.29, 0.717) is 12.2 Å². The summed E-state index contributed by atoms with van der Waals surface area (Å²) in [5.74, 6) is 0.712. The molecule has 2 amide bonds. The predicted octanol–water partition coefficient (Wildman–Crippen LogP) is 2.59. The van der Waals surface area contributed by atoms with Crippen LogP contribution in [0.4, 0.5) is 9.18 Å². The maximum atomic E-state index is 12.0. The van der Waals surface area contributed by atoms with Gasteiger partial charge in [0.05, 0.1) is 17.1 Å². The maximum Gasteiger partial charge on any atom is 0.315 e. The molecule has 1 heterocycles. The van der Waals surface area contributed by atoms with E-state index >= 15 is 0 Å². The van der Waals surface area contributed by atoms with Gasteiger partial charge in [0, 0.05) is 6.54 Å². The van der Waals surface area contributed by atoms with Gasteiger partial charge in [-0.1, -0.05) is 13.0 Å². The molecule has 0 aliphatic carbocycles. The molecule has 108 valence electrons. The lowest BCUT2D eigenvalue weighted by atomic mass is 10.2. The number of nitrogens with zero attached hydrogens (tertiary/aromatic N) is 1. The zero-order chi connectivity index (χ0) is 14.5. The van der Waals surface area contributed by atoms with Gasteiger partial charge < -0.3 is 15.6 Å². The molecule has 5 nitrogen and oxygen atoms in total. The lowest BCUT2D eigenvalue weighted by molar-refractivity contribution is 0.235. The lowest BCUT2D eigenvalue weighted by Crippen LogP contribution is -2.39. The van der Waals surface area contributed by atoms with Gasteiger partial charge in [0.1, 0.15) is 12.5 Å². The Morgan fingerprint density at radius 2 is 2.30 bits per heavy atom. The van der Waals surface area contributed by atoms with Crippen LogP contribution in [0.5, 0.6) is 0 Å². The van der Waals surface area contributed by atoms with E-state index in [9.17, 15) is 9.18 Å². The summed E-state index contributed by atoms with van der Waals surface area (Å²) in [5, 5.41) is 5.23. The molecule has 2 rings (SSSR count). The minimum atomic E-state index is -0.575. The zero-order valence-electron chi connectivity index (χ0n) is 11.7. The number of alkyl halides is 1. The van der Waals surface area contributed by atoms with Crippen LogP contribution >= 0.6 is 0 Å². The summed E-state index contributed by atoms with van der Waals surface area (Å²) in [6.07, 6.45) is 0.696. The van der Waals surface area contributed by atoms with Gasteiger partial charge in [-0.15, -0.1) is 0 Å². The smallest absolute Gasteiger partial charge is 0.315 e. The van der Waals surface area contributed by atoms with Crippen molar-refractivity contribution in [1.82, 2.24) is 20.6 Å².